The Balaban J connectivity index is 1.61. The molecule has 10 heteroatoms. The number of halogens is 2. The lowest BCUT2D eigenvalue weighted by Crippen LogP contribution is -2.32. The molecule has 8 nitrogen and oxygen atoms in total. The third-order valence-corrected chi connectivity index (χ3v) is 4.50. The second-order valence-corrected chi connectivity index (χ2v) is 6.85. The number of hydrogen-bond donors (Lipinski definition) is 2. The minimum Gasteiger partial charge on any atom is -0.493 e. The van der Waals surface area contributed by atoms with Gasteiger partial charge in [-0.15, -0.1) is 0 Å². The van der Waals surface area contributed by atoms with Gasteiger partial charge in [0.2, 0.25) is 0 Å². The van der Waals surface area contributed by atoms with Gasteiger partial charge in [0, 0.05) is 5.69 Å². The largest absolute Gasteiger partial charge is 0.493 e. The summed E-state index contributed by atoms with van der Waals surface area (Å²) in [6.45, 7) is 0. The molecule has 3 aromatic rings. The highest BCUT2D eigenvalue weighted by molar-refractivity contribution is 6.39. The van der Waals surface area contributed by atoms with Crippen LogP contribution < -0.4 is 20.2 Å². The Kier molecular flexibility index (Phi) is 7.72. The smallest absolute Gasteiger partial charge is 0.345 e. The van der Waals surface area contributed by atoms with E-state index in [1.165, 1.54) is 43.7 Å². The number of ether oxygens (including phenoxy) is 2. The van der Waals surface area contributed by atoms with E-state index in [2.05, 4.69) is 15.8 Å². The van der Waals surface area contributed by atoms with Gasteiger partial charge in [-0.1, -0.05) is 23.7 Å². The minimum absolute atomic E-state index is 0.155. The average molecular weight is 470 g/mol. The van der Waals surface area contributed by atoms with Gasteiger partial charge in [0.15, 0.2) is 11.5 Å². The number of amides is 2. The zero-order valence-electron chi connectivity index (χ0n) is 17.2. The van der Waals surface area contributed by atoms with Crippen LogP contribution in [0, 0.1) is 5.82 Å². The minimum atomic E-state index is -1.02. The highest BCUT2D eigenvalue weighted by Gasteiger charge is 2.16. The molecular formula is C23H17ClFN3O5. The van der Waals surface area contributed by atoms with Crippen molar-refractivity contribution in [1.82, 2.24) is 5.43 Å². The monoisotopic (exact) mass is 469 g/mol. The van der Waals surface area contributed by atoms with Gasteiger partial charge >= 0.3 is 17.8 Å². The van der Waals surface area contributed by atoms with E-state index < -0.39 is 23.6 Å². The van der Waals surface area contributed by atoms with Crippen molar-refractivity contribution in [3.05, 3.63) is 88.7 Å². The van der Waals surface area contributed by atoms with Crippen LogP contribution in [0.2, 0.25) is 5.02 Å². The highest BCUT2D eigenvalue weighted by atomic mass is 35.5. The first-order chi connectivity index (χ1) is 15.9. The fourth-order valence-corrected chi connectivity index (χ4v) is 2.78. The molecule has 3 rings (SSSR count). The maximum Gasteiger partial charge on any atom is 0.345 e. The fraction of sp³-hybridized carbons (Fsp3) is 0.0435. The molecule has 0 spiro atoms. The van der Waals surface area contributed by atoms with Crippen LogP contribution in [-0.4, -0.2) is 31.1 Å². The van der Waals surface area contributed by atoms with Crippen molar-refractivity contribution in [2.45, 2.75) is 0 Å². The predicted molar refractivity (Wildman–Crippen MR) is 120 cm³/mol. The summed E-state index contributed by atoms with van der Waals surface area (Å²) in [5.41, 5.74) is 3.03. The number of hydrogen-bond acceptors (Lipinski definition) is 6. The van der Waals surface area contributed by atoms with Crippen molar-refractivity contribution < 1.29 is 28.2 Å². The first-order valence-electron chi connectivity index (χ1n) is 9.42. The number of rotatable bonds is 6. The summed E-state index contributed by atoms with van der Waals surface area (Å²) in [6.07, 6.45) is 1.27. The van der Waals surface area contributed by atoms with Crippen molar-refractivity contribution in [3.8, 4) is 11.5 Å². The molecule has 0 aliphatic heterocycles. The van der Waals surface area contributed by atoms with Crippen LogP contribution in [0.15, 0.2) is 71.8 Å². The molecule has 0 atom stereocenters. The van der Waals surface area contributed by atoms with Crippen molar-refractivity contribution in [2.24, 2.45) is 5.10 Å². The Morgan fingerprint density at radius 1 is 0.970 bits per heavy atom. The summed E-state index contributed by atoms with van der Waals surface area (Å²) in [6, 6.07) is 15.9. The van der Waals surface area contributed by atoms with Crippen LogP contribution in [0.1, 0.15) is 15.9 Å². The van der Waals surface area contributed by atoms with Gasteiger partial charge in [-0.05, 0) is 60.2 Å². The van der Waals surface area contributed by atoms with Crippen LogP contribution in [0.3, 0.4) is 0 Å². The molecule has 0 aromatic heterocycles. The van der Waals surface area contributed by atoms with Crippen LogP contribution >= 0.6 is 11.6 Å². The van der Waals surface area contributed by atoms with Crippen molar-refractivity contribution >= 4 is 41.3 Å². The number of carbonyl (C=O) groups is 3. The molecule has 0 aliphatic rings. The molecule has 0 heterocycles. The second-order valence-electron chi connectivity index (χ2n) is 6.44. The van der Waals surface area contributed by atoms with Gasteiger partial charge in [-0.3, -0.25) is 9.59 Å². The Bertz CT molecular complexity index is 1210. The van der Waals surface area contributed by atoms with Crippen molar-refractivity contribution in [3.63, 3.8) is 0 Å². The van der Waals surface area contributed by atoms with E-state index in [9.17, 15) is 18.8 Å². The maximum atomic E-state index is 12.9. The van der Waals surface area contributed by atoms with Crippen LogP contribution in [0.25, 0.3) is 0 Å². The Labute approximate surface area is 193 Å². The zero-order valence-corrected chi connectivity index (χ0v) is 17.9. The molecule has 33 heavy (non-hydrogen) atoms. The zero-order chi connectivity index (χ0) is 23.8. The molecule has 0 bridgehead atoms. The van der Waals surface area contributed by atoms with Crippen LogP contribution in [-0.2, 0) is 9.59 Å². The van der Waals surface area contributed by atoms with E-state index in [0.29, 0.717) is 5.56 Å². The van der Waals surface area contributed by atoms with Gasteiger partial charge < -0.3 is 14.8 Å². The quantitative estimate of drug-likeness (QED) is 0.188. The lowest BCUT2D eigenvalue weighted by Gasteiger charge is -2.10. The number of hydrazone groups is 1. The fourth-order valence-electron chi connectivity index (χ4n) is 2.57. The molecular weight excluding hydrogens is 453 g/mol. The molecule has 0 unspecified atom stereocenters. The first kappa shape index (κ1) is 23.4. The third kappa shape index (κ3) is 6.37. The van der Waals surface area contributed by atoms with Crippen LogP contribution in [0.4, 0.5) is 10.1 Å². The SMILES string of the molecule is COc1cc(/C=N/NC(=O)C(=O)Nc2ccc(F)cc2)ccc1OC(=O)c1ccccc1Cl. The van der Waals surface area contributed by atoms with E-state index in [-0.39, 0.29) is 27.8 Å². The number of nitrogens with zero attached hydrogens (tertiary/aromatic N) is 1. The summed E-state index contributed by atoms with van der Waals surface area (Å²) >= 11 is 6.01. The number of nitrogens with one attached hydrogen (secondary N) is 2. The molecule has 2 amide bonds. The predicted octanol–water partition coefficient (Wildman–Crippen LogP) is 3.80. The first-order valence-corrected chi connectivity index (χ1v) is 9.80. The number of esters is 1. The Morgan fingerprint density at radius 2 is 1.70 bits per heavy atom. The lowest BCUT2D eigenvalue weighted by atomic mass is 10.2. The van der Waals surface area contributed by atoms with Crippen molar-refractivity contribution in [2.75, 3.05) is 12.4 Å². The molecule has 0 fully saturated rings. The van der Waals surface area contributed by atoms with E-state index in [4.69, 9.17) is 21.1 Å². The maximum absolute atomic E-state index is 12.9. The molecule has 3 aromatic carbocycles. The van der Waals surface area contributed by atoms with Crippen molar-refractivity contribution in [1.29, 1.82) is 0 Å². The molecule has 168 valence electrons. The third-order valence-electron chi connectivity index (χ3n) is 4.17. The van der Waals surface area contributed by atoms with E-state index in [1.54, 1.807) is 24.3 Å². The van der Waals surface area contributed by atoms with Gasteiger partial charge in [-0.25, -0.2) is 14.6 Å². The molecule has 0 saturated carbocycles. The standard InChI is InChI=1S/C23H17ClFN3O5/c1-32-20-12-14(6-11-19(20)33-23(31)17-4-2-3-5-18(17)24)13-26-28-22(30)21(29)27-16-9-7-15(25)8-10-16/h2-13H,1H3,(H,27,29)(H,28,30)/b26-13+. The topological polar surface area (TPSA) is 106 Å². The number of benzene rings is 3. The summed E-state index contributed by atoms with van der Waals surface area (Å²) in [7, 11) is 1.39. The van der Waals surface area contributed by atoms with Gasteiger partial charge in [0.05, 0.1) is 23.9 Å². The van der Waals surface area contributed by atoms with E-state index in [1.807, 2.05) is 0 Å². The van der Waals surface area contributed by atoms with Gasteiger partial charge in [0.1, 0.15) is 5.82 Å². The number of methoxy groups -OCH3 is 1. The molecule has 0 radical (unpaired) electrons. The second kappa shape index (κ2) is 10.9. The molecule has 0 saturated heterocycles. The number of anilines is 1. The van der Waals surface area contributed by atoms with Gasteiger partial charge in [-0.2, -0.15) is 5.10 Å². The Morgan fingerprint density at radius 3 is 2.39 bits per heavy atom. The average Bonchev–Trinajstić information content (AvgIpc) is 2.81. The number of carbonyl (C=O) groups excluding carboxylic acids is 3. The molecule has 2 N–H and O–H groups in total. The van der Waals surface area contributed by atoms with Crippen LogP contribution in [0.5, 0.6) is 11.5 Å². The normalized spacial score (nSPS) is 10.5. The highest BCUT2D eigenvalue weighted by Crippen LogP contribution is 2.29. The van der Waals surface area contributed by atoms with E-state index >= 15 is 0 Å². The summed E-state index contributed by atoms with van der Waals surface area (Å²) in [5, 5.41) is 6.28. The summed E-state index contributed by atoms with van der Waals surface area (Å²) < 4.78 is 23.5. The summed E-state index contributed by atoms with van der Waals surface area (Å²) in [5.74, 6) is -2.73. The summed E-state index contributed by atoms with van der Waals surface area (Å²) in [4.78, 5) is 36.1. The lowest BCUT2D eigenvalue weighted by molar-refractivity contribution is -0.136. The van der Waals surface area contributed by atoms with E-state index in [0.717, 1.165) is 12.1 Å². The molecule has 0 aliphatic carbocycles. The van der Waals surface area contributed by atoms with Gasteiger partial charge in [0.25, 0.3) is 0 Å². The Hall–Kier alpha value is -4.24.